The number of amides is 1. The number of carbonyl (C=O) groups is 1. The average molecular weight is 561 g/mol. The smallest absolute Gasteiger partial charge is 0.248 e. The molecule has 2 N–H and O–H groups in total. The lowest BCUT2D eigenvalue weighted by molar-refractivity contribution is -0.143. The Labute approximate surface area is 233 Å². The molecule has 4 heterocycles. The molecule has 9 heteroatoms. The molecule has 3 aliphatic heterocycles. The van der Waals surface area contributed by atoms with Gasteiger partial charge in [-0.15, -0.1) is 11.3 Å². The molecule has 0 radical (unpaired) electrons. The van der Waals surface area contributed by atoms with Gasteiger partial charge < -0.3 is 15.5 Å². The quantitative estimate of drug-likeness (QED) is 0.543. The molecule has 5 unspecified atom stereocenters. The molecule has 2 saturated heterocycles. The third-order valence-electron chi connectivity index (χ3n) is 9.85. The third kappa shape index (κ3) is 5.04. The molecule has 5 atom stereocenters. The van der Waals surface area contributed by atoms with E-state index in [0.29, 0.717) is 57.4 Å². The number of aryl methyl sites for hydroxylation is 1. The van der Waals surface area contributed by atoms with Crippen LogP contribution in [0, 0.1) is 24.6 Å². The minimum Gasteiger partial charge on any atom is -0.339 e. The molecular weight excluding hydrogens is 521 g/mol. The van der Waals surface area contributed by atoms with Gasteiger partial charge in [-0.1, -0.05) is 18.2 Å². The van der Waals surface area contributed by atoms with Crippen LogP contribution in [0.3, 0.4) is 0 Å². The van der Waals surface area contributed by atoms with Crippen LogP contribution in [0.5, 0.6) is 0 Å². The standard InChI is InChI=1S/C30H39F3N4OS/c1-18-13-25-27(39-19(2)36-25)29(17-35-18)16-34-15-23(29)28(38)37-12-9-21(22-5-3-4-6-24(22)31)14-26(37)20-7-10-30(32,33)11-8-20/h3-6,18,20-21,23,26,34-35H,7-17H2,1-2H3. The van der Waals surface area contributed by atoms with Crippen molar-refractivity contribution >= 4 is 17.2 Å². The minimum atomic E-state index is -2.63. The largest absolute Gasteiger partial charge is 0.339 e. The number of halogens is 3. The van der Waals surface area contributed by atoms with Crippen LogP contribution in [0.2, 0.25) is 0 Å². The third-order valence-corrected chi connectivity index (χ3v) is 11.1. The molecule has 1 aromatic carbocycles. The summed E-state index contributed by atoms with van der Waals surface area (Å²) in [6.45, 7) is 6.74. The van der Waals surface area contributed by atoms with Crippen LogP contribution in [0.15, 0.2) is 24.3 Å². The van der Waals surface area contributed by atoms with Crippen LogP contribution in [0.25, 0.3) is 0 Å². The summed E-state index contributed by atoms with van der Waals surface area (Å²) in [5.41, 5.74) is 1.40. The van der Waals surface area contributed by atoms with Gasteiger partial charge in [0.05, 0.1) is 16.6 Å². The topological polar surface area (TPSA) is 57.3 Å². The van der Waals surface area contributed by atoms with Crippen LogP contribution >= 0.6 is 11.3 Å². The first-order valence-corrected chi connectivity index (χ1v) is 15.3. The molecule has 2 aromatic rings. The average Bonchev–Trinajstić information content (AvgIpc) is 3.47. The van der Waals surface area contributed by atoms with Gasteiger partial charge in [-0.25, -0.2) is 18.2 Å². The Hall–Kier alpha value is -1.97. The van der Waals surface area contributed by atoms with E-state index in [-0.39, 0.29) is 59.8 Å². The number of hydrogen-bond donors (Lipinski definition) is 2. The summed E-state index contributed by atoms with van der Waals surface area (Å²) in [6, 6.07) is 6.99. The van der Waals surface area contributed by atoms with Crippen LogP contribution in [-0.2, 0) is 16.6 Å². The van der Waals surface area contributed by atoms with E-state index in [2.05, 4.69) is 17.6 Å². The fraction of sp³-hybridized carbons (Fsp3) is 0.667. The van der Waals surface area contributed by atoms with Crippen LogP contribution in [-0.4, -0.2) is 60.0 Å². The summed E-state index contributed by atoms with van der Waals surface area (Å²) >= 11 is 1.71. The molecule has 1 saturated carbocycles. The number of piperidine rings is 1. The highest BCUT2D eigenvalue weighted by Gasteiger charge is 2.54. The lowest BCUT2D eigenvalue weighted by Gasteiger charge is -2.47. The normalized spacial score (nSPS) is 33.2. The van der Waals surface area contributed by atoms with Crippen LogP contribution in [0.4, 0.5) is 13.2 Å². The summed E-state index contributed by atoms with van der Waals surface area (Å²) in [5.74, 6) is -3.01. The molecule has 0 bridgehead atoms. The zero-order valence-corrected chi connectivity index (χ0v) is 23.6. The molecule has 4 aliphatic rings. The van der Waals surface area contributed by atoms with E-state index < -0.39 is 5.92 Å². The zero-order chi connectivity index (χ0) is 27.4. The van der Waals surface area contributed by atoms with Crippen molar-refractivity contribution in [1.29, 1.82) is 0 Å². The first-order valence-electron chi connectivity index (χ1n) is 14.5. The van der Waals surface area contributed by atoms with E-state index in [1.54, 1.807) is 17.4 Å². The highest BCUT2D eigenvalue weighted by Crippen LogP contribution is 2.47. The predicted octanol–water partition coefficient (Wildman–Crippen LogP) is 5.18. The number of nitrogens with one attached hydrogen (secondary N) is 2. The lowest BCUT2D eigenvalue weighted by atomic mass is 9.72. The number of fused-ring (bicyclic) bond motifs is 2. The van der Waals surface area contributed by atoms with Crippen molar-refractivity contribution in [1.82, 2.24) is 20.5 Å². The van der Waals surface area contributed by atoms with E-state index in [4.69, 9.17) is 4.98 Å². The van der Waals surface area contributed by atoms with Crippen molar-refractivity contribution < 1.29 is 18.0 Å². The SMILES string of the molecule is Cc1nc2c(s1)C1(CNCC1C(=O)N1CCC(c3ccccc3F)CC1C1CCC(F)(F)CC1)CNC(C)C2. The highest BCUT2D eigenvalue weighted by atomic mass is 32.1. The fourth-order valence-electron chi connectivity index (χ4n) is 7.76. The second-order valence-electron chi connectivity index (χ2n) is 12.4. The van der Waals surface area contributed by atoms with E-state index in [0.717, 1.165) is 17.1 Å². The molecule has 1 aromatic heterocycles. The maximum Gasteiger partial charge on any atom is 0.248 e. The Bertz CT molecular complexity index is 1210. The number of nitrogens with zero attached hydrogens (tertiary/aromatic N) is 2. The van der Waals surface area contributed by atoms with Crippen LogP contribution in [0.1, 0.15) is 72.5 Å². The van der Waals surface area contributed by atoms with Crippen molar-refractivity contribution in [2.45, 2.75) is 88.1 Å². The molecule has 212 valence electrons. The van der Waals surface area contributed by atoms with Gasteiger partial charge in [0.25, 0.3) is 0 Å². The molecule has 3 fully saturated rings. The summed E-state index contributed by atoms with van der Waals surface area (Å²) in [6.07, 6.45) is 2.67. The van der Waals surface area contributed by atoms with Crippen molar-refractivity contribution in [3.63, 3.8) is 0 Å². The Morgan fingerprint density at radius 1 is 1.15 bits per heavy atom. The number of carbonyl (C=O) groups excluding carboxylic acids is 1. The van der Waals surface area contributed by atoms with Gasteiger partial charge in [0.15, 0.2) is 0 Å². The lowest BCUT2D eigenvalue weighted by Crippen LogP contribution is -2.56. The van der Waals surface area contributed by atoms with Crippen LogP contribution < -0.4 is 10.6 Å². The molecule has 5 nitrogen and oxygen atoms in total. The first-order chi connectivity index (χ1) is 18.7. The van der Waals surface area contributed by atoms with E-state index in [1.807, 2.05) is 24.0 Å². The molecule has 1 aliphatic carbocycles. The van der Waals surface area contributed by atoms with Gasteiger partial charge in [0.2, 0.25) is 11.8 Å². The highest BCUT2D eigenvalue weighted by molar-refractivity contribution is 7.11. The summed E-state index contributed by atoms with van der Waals surface area (Å²) in [5, 5.41) is 8.23. The van der Waals surface area contributed by atoms with Gasteiger partial charge in [0, 0.05) is 67.8 Å². The maximum absolute atomic E-state index is 14.8. The first kappa shape index (κ1) is 27.2. The maximum atomic E-state index is 14.8. The number of rotatable bonds is 3. The fourth-order valence-corrected chi connectivity index (χ4v) is 8.94. The van der Waals surface area contributed by atoms with Crippen molar-refractivity contribution in [2.75, 3.05) is 26.2 Å². The second-order valence-corrected chi connectivity index (χ2v) is 13.6. The number of aromatic nitrogens is 1. The van der Waals surface area contributed by atoms with E-state index in [9.17, 15) is 18.0 Å². The second kappa shape index (κ2) is 10.5. The van der Waals surface area contributed by atoms with Gasteiger partial charge in [0.1, 0.15) is 5.82 Å². The number of thiazole rings is 1. The Kier molecular flexibility index (Phi) is 7.29. The van der Waals surface area contributed by atoms with Gasteiger partial charge in [-0.3, -0.25) is 4.79 Å². The summed E-state index contributed by atoms with van der Waals surface area (Å²) in [7, 11) is 0. The number of alkyl halides is 2. The van der Waals surface area contributed by atoms with Crippen molar-refractivity contribution in [3.8, 4) is 0 Å². The monoisotopic (exact) mass is 560 g/mol. The molecule has 39 heavy (non-hydrogen) atoms. The summed E-state index contributed by atoms with van der Waals surface area (Å²) < 4.78 is 43.1. The van der Waals surface area contributed by atoms with Crippen molar-refractivity contribution in [2.24, 2.45) is 11.8 Å². The number of benzene rings is 1. The minimum absolute atomic E-state index is 0.00181. The molecule has 1 spiro atoms. The van der Waals surface area contributed by atoms with E-state index in [1.165, 1.54) is 10.9 Å². The Morgan fingerprint density at radius 3 is 2.69 bits per heavy atom. The summed E-state index contributed by atoms with van der Waals surface area (Å²) in [4.78, 5) is 22.7. The molecule has 1 amide bonds. The van der Waals surface area contributed by atoms with Gasteiger partial charge in [-0.2, -0.15) is 0 Å². The van der Waals surface area contributed by atoms with Crippen molar-refractivity contribution in [3.05, 3.63) is 51.2 Å². The predicted molar refractivity (Wildman–Crippen MR) is 147 cm³/mol. The molecular formula is C30H39F3N4OS. The molecule has 6 rings (SSSR count). The number of likely N-dealkylation sites (tertiary alicyclic amines) is 1. The Balaban J connectivity index is 1.32. The zero-order valence-electron chi connectivity index (χ0n) is 22.8. The van der Waals surface area contributed by atoms with Gasteiger partial charge in [-0.05, 0) is 63.0 Å². The Morgan fingerprint density at radius 2 is 1.92 bits per heavy atom. The number of hydrogen-bond acceptors (Lipinski definition) is 5. The van der Waals surface area contributed by atoms with E-state index >= 15 is 0 Å². The van der Waals surface area contributed by atoms with Gasteiger partial charge >= 0.3 is 0 Å².